The van der Waals surface area contributed by atoms with Gasteiger partial charge < -0.3 is 4.98 Å². The van der Waals surface area contributed by atoms with Crippen molar-refractivity contribution in [2.45, 2.75) is 19.3 Å². The molecule has 3 rings (SSSR count). The highest BCUT2D eigenvalue weighted by Crippen LogP contribution is 2.32. The summed E-state index contributed by atoms with van der Waals surface area (Å²) < 4.78 is 0. The van der Waals surface area contributed by atoms with Gasteiger partial charge in [-0.1, -0.05) is 6.07 Å². The van der Waals surface area contributed by atoms with Crippen LogP contribution in [-0.2, 0) is 6.42 Å². The maximum Gasteiger partial charge on any atom is 0.0931 e. The molecule has 66 valence electrons. The third-order valence-corrected chi connectivity index (χ3v) is 2.71. The Morgan fingerprint density at radius 3 is 3.15 bits per heavy atom. The zero-order chi connectivity index (χ0) is 8.67. The Morgan fingerprint density at radius 1 is 1.38 bits per heavy atom. The van der Waals surface area contributed by atoms with Crippen molar-refractivity contribution in [3.63, 3.8) is 0 Å². The van der Waals surface area contributed by atoms with Gasteiger partial charge in [-0.25, -0.2) is 4.98 Å². The van der Waals surface area contributed by atoms with Crippen molar-refractivity contribution in [2.24, 2.45) is 5.92 Å². The van der Waals surface area contributed by atoms with Crippen LogP contribution in [0, 0.1) is 5.92 Å². The molecule has 1 fully saturated rings. The predicted molar refractivity (Wildman–Crippen MR) is 52.5 cm³/mol. The molecule has 1 saturated carbocycles. The molecular weight excluding hydrogens is 160 g/mol. The fourth-order valence-electron chi connectivity index (χ4n) is 1.77. The first-order chi connectivity index (χ1) is 6.42. The fraction of sp³-hybridized carbons (Fsp3) is 0.364. The molecule has 1 aromatic heterocycles. The number of fused-ring (bicyclic) bond motifs is 1. The molecule has 13 heavy (non-hydrogen) atoms. The van der Waals surface area contributed by atoms with E-state index in [1.807, 2.05) is 0 Å². The van der Waals surface area contributed by atoms with Crippen LogP contribution in [0.4, 0.5) is 0 Å². The lowest BCUT2D eigenvalue weighted by atomic mass is 10.1. The van der Waals surface area contributed by atoms with E-state index < -0.39 is 0 Å². The number of nitrogens with one attached hydrogen (secondary N) is 1. The number of nitrogens with zero attached hydrogens (tertiary/aromatic N) is 1. The number of H-pyrrole nitrogens is 1. The normalized spacial score (nSPS) is 16.6. The Kier molecular flexibility index (Phi) is 1.42. The summed E-state index contributed by atoms with van der Waals surface area (Å²) in [4.78, 5) is 7.34. The third kappa shape index (κ3) is 1.32. The highest BCUT2D eigenvalue weighted by Gasteiger charge is 2.21. The van der Waals surface area contributed by atoms with E-state index in [-0.39, 0.29) is 0 Å². The summed E-state index contributed by atoms with van der Waals surface area (Å²) in [6, 6.07) is 6.52. The minimum atomic E-state index is 0.959. The Balaban J connectivity index is 1.99. The second kappa shape index (κ2) is 2.59. The number of rotatable bonds is 2. The lowest BCUT2D eigenvalue weighted by Crippen LogP contribution is -1.86. The molecule has 2 aromatic rings. The first-order valence-electron chi connectivity index (χ1n) is 4.84. The molecule has 0 aliphatic heterocycles. The molecule has 0 spiro atoms. The van der Waals surface area contributed by atoms with Gasteiger partial charge in [-0.2, -0.15) is 0 Å². The lowest BCUT2D eigenvalue weighted by molar-refractivity contribution is 0.833. The number of imidazole rings is 1. The topological polar surface area (TPSA) is 28.7 Å². The van der Waals surface area contributed by atoms with Gasteiger partial charge in [0, 0.05) is 0 Å². The third-order valence-electron chi connectivity index (χ3n) is 2.71. The summed E-state index contributed by atoms with van der Waals surface area (Å²) in [6.45, 7) is 0. The van der Waals surface area contributed by atoms with E-state index >= 15 is 0 Å². The molecular formula is C11H12N2. The van der Waals surface area contributed by atoms with Crippen molar-refractivity contribution in [3.05, 3.63) is 30.1 Å². The van der Waals surface area contributed by atoms with E-state index in [9.17, 15) is 0 Å². The fourth-order valence-corrected chi connectivity index (χ4v) is 1.77. The summed E-state index contributed by atoms with van der Waals surface area (Å²) in [5, 5.41) is 0. The zero-order valence-corrected chi connectivity index (χ0v) is 7.46. The number of hydrogen-bond acceptors (Lipinski definition) is 1. The molecule has 1 aliphatic carbocycles. The maximum atomic E-state index is 4.20. The summed E-state index contributed by atoms with van der Waals surface area (Å²) >= 11 is 0. The number of aromatic nitrogens is 2. The van der Waals surface area contributed by atoms with Gasteiger partial charge in [-0.3, -0.25) is 0 Å². The van der Waals surface area contributed by atoms with E-state index in [0.717, 1.165) is 17.0 Å². The van der Waals surface area contributed by atoms with Gasteiger partial charge in [0.25, 0.3) is 0 Å². The molecule has 2 heteroatoms. The first kappa shape index (κ1) is 7.13. The standard InChI is InChI=1S/C11H12N2/c1-2-8(1)5-9-3-4-10-11(6-9)13-7-12-10/h3-4,6-8H,1-2,5H2,(H,12,13). The van der Waals surface area contributed by atoms with E-state index in [1.165, 1.54) is 24.8 Å². The van der Waals surface area contributed by atoms with Crippen LogP contribution in [-0.4, -0.2) is 9.97 Å². The minimum absolute atomic E-state index is 0.959. The molecule has 1 aromatic carbocycles. The predicted octanol–water partition coefficient (Wildman–Crippen LogP) is 2.52. The van der Waals surface area contributed by atoms with Crippen LogP contribution in [0.1, 0.15) is 18.4 Å². The molecule has 0 amide bonds. The Hall–Kier alpha value is -1.31. The molecule has 0 bridgehead atoms. The Bertz CT molecular complexity index is 426. The molecule has 1 heterocycles. The molecule has 0 radical (unpaired) electrons. The summed E-state index contributed by atoms with van der Waals surface area (Å²) in [6.07, 6.45) is 5.84. The van der Waals surface area contributed by atoms with Gasteiger partial charge in [0.1, 0.15) is 0 Å². The van der Waals surface area contributed by atoms with Crippen LogP contribution in [0.2, 0.25) is 0 Å². The highest BCUT2D eigenvalue weighted by atomic mass is 14.9. The van der Waals surface area contributed by atoms with E-state index in [2.05, 4.69) is 28.2 Å². The molecule has 0 saturated heterocycles. The van der Waals surface area contributed by atoms with Gasteiger partial charge in [-0.05, 0) is 42.9 Å². The van der Waals surface area contributed by atoms with E-state index in [1.54, 1.807) is 6.33 Å². The van der Waals surface area contributed by atoms with Crippen LogP contribution < -0.4 is 0 Å². The van der Waals surface area contributed by atoms with Crippen molar-refractivity contribution in [2.75, 3.05) is 0 Å². The number of benzene rings is 1. The molecule has 0 unspecified atom stereocenters. The summed E-state index contributed by atoms with van der Waals surface area (Å²) in [7, 11) is 0. The van der Waals surface area contributed by atoms with Crippen molar-refractivity contribution < 1.29 is 0 Å². The second-order valence-electron chi connectivity index (χ2n) is 3.90. The van der Waals surface area contributed by atoms with Crippen LogP contribution in [0.5, 0.6) is 0 Å². The second-order valence-corrected chi connectivity index (χ2v) is 3.90. The van der Waals surface area contributed by atoms with E-state index in [0.29, 0.717) is 0 Å². The van der Waals surface area contributed by atoms with Gasteiger partial charge in [0.05, 0.1) is 17.4 Å². The van der Waals surface area contributed by atoms with Crippen LogP contribution in [0.25, 0.3) is 11.0 Å². The van der Waals surface area contributed by atoms with Crippen molar-refractivity contribution >= 4 is 11.0 Å². The maximum absolute atomic E-state index is 4.20. The largest absolute Gasteiger partial charge is 0.345 e. The molecule has 0 atom stereocenters. The van der Waals surface area contributed by atoms with Crippen LogP contribution in [0.15, 0.2) is 24.5 Å². The Morgan fingerprint density at radius 2 is 2.31 bits per heavy atom. The van der Waals surface area contributed by atoms with Crippen molar-refractivity contribution in [1.82, 2.24) is 9.97 Å². The number of hydrogen-bond donors (Lipinski definition) is 1. The zero-order valence-electron chi connectivity index (χ0n) is 7.46. The van der Waals surface area contributed by atoms with Gasteiger partial charge in [-0.15, -0.1) is 0 Å². The van der Waals surface area contributed by atoms with Gasteiger partial charge in [0.15, 0.2) is 0 Å². The van der Waals surface area contributed by atoms with E-state index in [4.69, 9.17) is 0 Å². The molecule has 2 nitrogen and oxygen atoms in total. The monoisotopic (exact) mass is 172 g/mol. The summed E-state index contributed by atoms with van der Waals surface area (Å²) in [5.41, 5.74) is 3.68. The quantitative estimate of drug-likeness (QED) is 0.740. The molecule has 1 N–H and O–H groups in total. The smallest absolute Gasteiger partial charge is 0.0931 e. The van der Waals surface area contributed by atoms with Crippen LogP contribution >= 0.6 is 0 Å². The van der Waals surface area contributed by atoms with Gasteiger partial charge in [0.2, 0.25) is 0 Å². The van der Waals surface area contributed by atoms with Gasteiger partial charge >= 0.3 is 0 Å². The Labute approximate surface area is 77.0 Å². The van der Waals surface area contributed by atoms with Crippen molar-refractivity contribution in [1.29, 1.82) is 0 Å². The lowest BCUT2D eigenvalue weighted by Gasteiger charge is -1.98. The highest BCUT2D eigenvalue weighted by molar-refractivity contribution is 5.75. The van der Waals surface area contributed by atoms with Crippen LogP contribution in [0.3, 0.4) is 0 Å². The average molecular weight is 172 g/mol. The molecule has 1 aliphatic rings. The number of aromatic amines is 1. The average Bonchev–Trinajstić information content (AvgIpc) is 2.83. The summed E-state index contributed by atoms with van der Waals surface area (Å²) in [5.74, 6) is 0.959. The van der Waals surface area contributed by atoms with Crippen molar-refractivity contribution in [3.8, 4) is 0 Å². The SMILES string of the molecule is c1nc2ccc(CC3CC3)cc2[nH]1. The minimum Gasteiger partial charge on any atom is -0.345 e. The first-order valence-corrected chi connectivity index (χ1v) is 4.84.